The number of nitrogens with one attached hydrogen (secondary N) is 1. The van der Waals surface area contributed by atoms with Gasteiger partial charge in [-0.25, -0.2) is 0 Å². The Balaban J connectivity index is 1.71. The summed E-state index contributed by atoms with van der Waals surface area (Å²) in [5.74, 6) is 2.41. The molecule has 1 N–H and O–H groups in total. The van der Waals surface area contributed by atoms with Crippen LogP contribution in [0.3, 0.4) is 0 Å². The summed E-state index contributed by atoms with van der Waals surface area (Å²) in [6, 6.07) is 16.5. The quantitative estimate of drug-likeness (QED) is 0.454. The van der Waals surface area contributed by atoms with Crippen LogP contribution in [0.25, 0.3) is 0 Å². The molecule has 2 aromatic carbocycles. The van der Waals surface area contributed by atoms with Gasteiger partial charge < -0.3 is 14.8 Å². The van der Waals surface area contributed by atoms with E-state index in [1.54, 1.807) is 0 Å². The highest BCUT2D eigenvalue weighted by Crippen LogP contribution is 2.18. The summed E-state index contributed by atoms with van der Waals surface area (Å²) in [5, 5.41) is 3.44. The molecule has 2 rings (SSSR count). The average Bonchev–Trinajstić information content (AvgIpc) is 2.66. The molecule has 3 heteroatoms. The zero-order valence-corrected chi connectivity index (χ0v) is 16.5. The lowest BCUT2D eigenvalue weighted by atomic mass is 10.2. The summed E-state index contributed by atoms with van der Waals surface area (Å²) in [4.78, 5) is 0. The Morgan fingerprint density at radius 1 is 0.808 bits per heavy atom. The highest BCUT2D eigenvalue weighted by atomic mass is 16.5. The van der Waals surface area contributed by atoms with Gasteiger partial charge in [0.1, 0.15) is 11.5 Å². The molecule has 0 heterocycles. The summed E-state index contributed by atoms with van der Waals surface area (Å²) < 4.78 is 11.5. The third kappa shape index (κ3) is 7.81. The van der Waals surface area contributed by atoms with Crippen molar-refractivity contribution in [1.29, 1.82) is 0 Å². The standard InChI is InChI=1S/C23H33NO2/c1-4-5-6-7-16-25-22-12-8-20(9-13-22)17-24-21-10-14-23(15-11-21)26-18-19(2)3/h8-15,19,24H,4-7,16-18H2,1-3H3. The molecular weight excluding hydrogens is 322 g/mol. The molecular formula is C23H33NO2. The molecule has 142 valence electrons. The SMILES string of the molecule is CCCCCCOc1ccc(CNc2ccc(OCC(C)C)cc2)cc1. The average molecular weight is 356 g/mol. The van der Waals surface area contributed by atoms with Crippen molar-refractivity contribution < 1.29 is 9.47 Å². The number of benzene rings is 2. The van der Waals surface area contributed by atoms with Crippen LogP contribution in [-0.2, 0) is 6.54 Å². The molecule has 0 aromatic heterocycles. The van der Waals surface area contributed by atoms with Gasteiger partial charge in [-0.15, -0.1) is 0 Å². The normalized spacial score (nSPS) is 10.8. The number of hydrogen-bond donors (Lipinski definition) is 1. The number of rotatable bonds is 12. The van der Waals surface area contributed by atoms with Crippen LogP contribution < -0.4 is 14.8 Å². The van der Waals surface area contributed by atoms with E-state index in [4.69, 9.17) is 9.47 Å². The van der Waals surface area contributed by atoms with Crippen molar-refractivity contribution in [2.24, 2.45) is 5.92 Å². The van der Waals surface area contributed by atoms with E-state index in [9.17, 15) is 0 Å². The largest absolute Gasteiger partial charge is 0.494 e. The van der Waals surface area contributed by atoms with Crippen molar-refractivity contribution in [3.8, 4) is 11.5 Å². The number of unbranched alkanes of at least 4 members (excludes halogenated alkanes) is 3. The van der Waals surface area contributed by atoms with E-state index in [2.05, 4.69) is 62.5 Å². The van der Waals surface area contributed by atoms with Gasteiger partial charge in [-0.2, -0.15) is 0 Å². The molecule has 0 radical (unpaired) electrons. The molecule has 0 amide bonds. The minimum Gasteiger partial charge on any atom is -0.494 e. The summed E-state index contributed by atoms with van der Waals surface area (Å²) in [5.41, 5.74) is 2.33. The predicted molar refractivity (Wildman–Crippen MR) is 110 cm³/mol. The van der Waals surface area contributed by atoms with E-state index in [0.29, 0.717) is 5.92 Å². The van der Waals surface area contributed by atoms with Crippen LogP contribution in [0.15, 0.2) is 48.5 Å². The number of anilines is 1. The van der Waals surface area contributed by atoms with Gasteiger partial charge in [0.05, 0.1) is 13.2 Å². The first kappa shape index (κ1) is 20.2. The summed E-state index contributed by atoms with van der Waals surface area (Å²) in [6.07, 6.45) is 4.93. The van der Waals surface area contributed by atoms with Crippen LogP contribution in [0.5, 0.6) is 11.5 Å². The van der Waals surface area contributed by atoms with Crippen LogP contribution in [-0.4, -0.2) is 13.2 Å². The van der Waals surface area contributed by atoms with Crippen LogP contribution >= 0.6 is 0 Å². The Kier molecular flexibility index (Phi) is 8.88. The van der Waals surface area contributed by atoms with Crippen molar-refractivity contribution in [3.63, 3.8) is 0 Å². The second-order valence-corrected chi connectivity index (χ2v) is 7.14. The lowest BCUT2D eigenvalue weighted by molar-refractivity contribution is 0.271. The monoisotopic (exact) mass is 355 g/mol. The molecule has 0 aliphatic carbocycles. The van der Waals surface area contributed by atoms with Crippen LogP contribution in [0, 0.1) is 5.92 Å². The molecule has 2 aromatic rings. The van der Waals surface area contributed by atoms with Gasteiger partial charge in [0.15, 0.2) is 0 Å². The molecule has 0 spiro atoms. The lowest BCUT2D eigenvalue weighted by Gasteiger charge is -2.11. The first-order chi connectivity index (χ1) is 12.7. The smallest absolute Gasteiger partial charge is 0.119 e. The maximum atomic E-state index is 5.79. The fourth-order valence-electron chi connectivity index (χ4n) is 2.56. The molecule has 0 aliphatic heterocycles. The molecule has 0 atom stereocenters. The van der Waals surface area contributed by atoms with Crippen molar-refractivity contribution >= 4 is 5.69 Å². The first-order valence-corrected chi connectivity index (χ1v) is 9.86. The van der Waals surface area contributed by atoms with Gasteiger partial charge in [0.2, 0.25) is 0 Å². The van der Waals surface area contributed by atoms with Gasteiger partial charge in [0.25, 0.3) is 0 Å². The lowest BCUT2D eigenvalue weighted by Crippen LogP contribution is -2.04. The fraction of sp³-hybridized carbons (Fsp3) is 0.478. The highest BCUT2D eigenvalue weighted by molar-refractivity contribution is 5.47. The Bertz CT molecular complexity index is 605. The first-order valence-electron chi connectivity index (χ1n) is 9.86. The molecule has 26 heavy (non-hydrogen) atoms. The van der Waals surface area contributed by atoms with Crippen LogP contribution in [0.4, 0.5) is 5.69 Å². The van der Waals surface area contributed by atoms with Gasteiger partial charge in [-0.3, -0.25) is 0 Å². The molecule has 0 unspecified atom stereocenters. The van der Waals surface area contributed by atoms with E-state index in [-0.39, 0.29) is 0 Å². The van der Waals surface area contributed by atoms with Crippen molar-refractivity contribution in [2.45, 2.75) is 53.0 Å². The second kappa shape index (κ2) is 11.5. The molecule has 0 fully saturated rings. The maximum Gasteiger partial charge on any atom is 0.119 e. The molecule has 0 aliphatic rings. The minimum atomic E-state index is 0.538. The number of ether oxygens (including phenoxy) is 2. The van der Waals surface area contributed by atoms with Crippen LogP contribution in [0.2, 0.25) is 0 Å². The Morgan fingerprint density at radius 3 is 2.12 bits per heavy atom. The molecule has 0 saturated heterocycles. The van der Waals surface area contributed by atoms with Gasteiger partial charge in [0, 0.05) is 12.2 Å². The van der Waals surface area contributed by atoms with Gasteiger partial charge in [-0.05, 0) is 54.3 Å². The zero-order valence-electron chi connectivity index (χ0n) is 16.5. The second-order valence-electron chi connectivity index (χ2n) is 7.14. The van der Waals surface area contributed by atoms with Crippen molar-refractivity contribution in [2.75, 3.05) is 18.5 Å². The summed E-state index contributed by atoms with van der Waals surface area (Å²) in [7, 11) is 0. The van der Waals surface area contributed by atoms with Gasteiger partial charge in [-0.1, -0.05) is 52.2 Å². The topological polar surface area (TPSA) is 30.5 Å². The third-order valence-corrected chi connectivity index (χ3v) is 4.12. The van der Waals surface area contributed by atoms with E-state index in [1.165, 1.54) is 24.8 Å². The van der Waals surface area contributed by atoms with Gasteiger partial charge >= 0.3 is 0 Å². The summed E-state index contributed by atoms with van der Waals surface area (Å²) >= 11 is 0. The Morgan fingerprint density at radius 2 is 1.46 bits per heavy atom. The minimum absolute atomic E-state index is 0.538. The van der Waals surface area contributed by atoms with Crippen molar-refractivity contribution in [3.05, 3.63) is 54.1 Å². The van der Waals surface area contributed by atoms with E-state index in [1.807, 2.05) is 12.1 Å². The summed E-state index contributed by atoms with van der Waals surface area (Å²) in [6.45, 7) is 8.88. The Labute approximate surface area is 158 Å². The van der Waals surface area contributed by atoms with E-state index in [0.717, 1.165) is 43.4 Å². The number of hydrogen-bond acceptors (Lipinski definition) is 3. The maximum absolute atomic E-state index is 5.79. The van der Waals surface area contributed by atoms with E-state index >= 15 is 0 Å². The molecule has 0 bridgehead atoms. The zero-order chi connectivity index (χ0) is 18.6. The molecule has 3 nitrogen and oxygen atoms in total. The predicted octanol–water partition coefficient (Wildman–Crippen LogP) is 6.29. The van der Waals surface area contributed by atoms with Crippen LogP contribution in [0.1, 0.15) is 52.0 Å². The van der Waals surface area contributed by atoms with Crippen molar-refractivity contribution in [1.82, 2.24) is 0 Å². The molecule has 0 saturated carbocycles. The fourth-order valence-corrected chi connectivity index (χ4v) is 2.56. The Hall–Kier alpha value is -2.16. The highest BCUT2D eigenvalue weighted by Gasteiger charge is 1.99. The van der Waals surface area contributed by atoms with E-state index < -0.39 is 0 Å². The third-order valence-electron chi connectivity index (χ3n) is 4.12.